The summed E-state index contributed by atoms with van der Waals surface area (Å²) in [6.07, 6.45) is 2.06. The molecule has 3 rings (SSSR count). The molecule has 0 fully saturated rings. The van der Waals surface area contributed by atoms with Gasteiger partial charge in [0, 0.05) is 6.42 Å². The number of hydrogen-bond acceptors (Lipinski definition) is 4. The van der Waals surface area contributed by atoms with E-state index in [1.165, 1.54) is 5.56 Å². The number of oxime groups is 1. The number of hydrogen-bond donors (Lipinski definition) is 1. The molecular weight excluding hydrogens is 340 g/mol. The van der Waals surface area contributed by atoms with Crippen molar-refractivity contribution in [3.63, 3.8) is 0 Å². The predicted octanol–water partition coefficient (Wildman–Crippen LogP) is 4.02. The maximum atomic E-state index is 12.5. The Bertz CT molecular complexity index is 797. The normalized spacial score (nSPS) is 17.0. The van der Waals surface area contributed by atoms with Gasteiger partial charge in [-0.05, 0) is 54.3 Å². The third-order valence-electron chi connectivity index (χ3n) is 4.76. The van der Waals surface area contributed by atoms with Crippen molar-refractivity contribution in [2.75, 3.05) is 7.11 Å². The number of carbonyl (C=O) groups is 1. The molecule has 5 nitrogen and oxygen atoms in total. The van der Waals surface area contributed by atoms with Crippen molar-refractivity contribution in [3.8, 4) is 5.75 Å². The van der Waals surface area contributed by atoms with Gasteiger partial charge in [-0.2, -0.15) is 0 Å². The Morgan fingerprint density at radius 1 is 1.22 bits per heavy atom. The second-order valence-corrected chi connectivity index (χ2v) is 6.79. The topological polar surface area (TPSA) is 59.9 Å². The van der Waals surface area contributed by atoms with E-state index in [2.05, 4.69) is 41.7 Å². The summed E-state index contributed by atoms with van der Waals surface area (Å²) < 4.78 is 5.16. The van der Waals surface area contributed by atoms with Crippen LogP contribution in [-0.2, 0) is 16.1 Å². The van der Waals surface area contributed by atoms with Crippen molar-refractivity contribution in [1.29, 1.82) is 0 Å². The lowest BCUT2D eigenvalue weighted by Crippen LogP contribution is -2.36. The molecule has 5 heteroatoms. The number of carbonyl (C=O) groups excluding carboxylic acids is 1. The fraction of sp³-hybridized carbons (Fsp3) is 0.364. The SMILES string of the molecule is CCCc1ccc(C(C)NC(=O)C2CC(c3ccc(OC)cc3)=NO2)cc1. The van der Waals surface area contributed by atoms with E-state index in [4.69, 9.17) is 9.57 Å². The minimum Gasteiger partial charge on any atom is -0.497 e. The number of rotatable bonds is 7. The molecule has 2 atom stereocenters. The number of methoxy groups -OCH3 is 1. The van der Waals surface area contributed by atoms with Crippen molar-refractivity contribution < 1.29 is 14.4 Å². The summed E-state index contributed by atoms with van der Waals surface area (Å²) in [5, 5.41) is 7.11. The summed E-state index contributed by atoms with van der Waals surface area (Å²) in [6, 6.07) is 15.9. The zero-order chi connectivity index (χ0) is 19.2. The van der Waals surface area contributed by atoms with Crippen LogP contribution >= 0.6 is 0 Å². The van der Waals surface area contributed by atoms with Crippen molar-refractivity contribution in [2.45, 2.75) is 45.3 Å². The van der Waals surface area contributed by atoms with Gasteiger partial charge in [0.15, 0.2) is 0 Å². The van der Waals surface area contributed by atoms with Crippen LogP contribution in [0.1, 0.15) is 49.4 Å². The van der Waals surface area contributed by atoms with E-state index in [1.54, 1.807) is 7.11 Å². The molecule has 0 saturated carbocycles. The molecule has 1 aliphatic rings. The van der Waals surface area contributed by atoms with Crippen molar-refractivity contribution in [2.24, 2.45) is 5.16 Å². The van der Waals surface area contributed by atoms with Gasteiger partial charge >= 0.3 is 0 Å². The van der Waals surface area contributed by atoms with Gasteiger partial charge in [0.25, 0.3) is 5.91 Å². The molecule has 0 radical (unpaired) electrons. The predicted molar refractivity (Wildman–Crippen MR) is 106 cm³/mol. The van der Waals surface area contributed by atoms with Gasteiger partial charge in [-0.3, -0.25) is 4.79 Å². The molecule has 2 aromatic rings. The highest BCUT2D eigenvalue weighted by Crippen LogP contribution is 2.21. The van der Waals surface area contributed by atoms with E-state index < -0.39 is 6.10 Å². The summed E-state index contributed by atoms with van der Waals surface area (Å²) in [4.78, 5) is 17.9. The zero-order valence-electron chi connectivity index (χ0n) is 16.1. The summed E-state index contributed by atoms with van der Waals surface area (Å²) in [7, 11) is 1.63. The number of aryl methyl sites for hydroxylation is 1. The van der Waals surface area contributed by atoms with Crippen LogP contribution in [0.15, 0.2) is 53.7 Å². The molecule has 1 aliphatic heterocycles. The van der Waals surface area contributed by atoms with Crippen LogP contribution in [0, 0.1) is 0 Å². The monoisotopic (exact) mass is 366 g/mol. The van der Waals surface area contributed by atoms with Crippen LogP contribution < -0.4 is 10.1 Å². The quantitative estimate of drug-likeness (QED) is 0.805. The first-order valence-corrected chi connectivity index (χ1v) is 9.37. The molecule has 0 spiro atoms. The summed E-state index contributed by atoms with van der Waals surface area (Å²) in [5.41, 5.74) is 4.11. The van der Waals surface area contributed by atoms with E-state index in [0.717, 1.165) is 35.4 Å². The number of benzene rings is 2. The van der Waals surface area contributed by atoms with Gasteiger partial charge in [0.1, 0.15) is 5.75 Å². The third-order valence-corrected chi connectivity index (χ3v) is 4.76. The highest BCUT2D eigenvalue weighted by atomic mass is 16.6. The Morgan fingerprint density at radius 3 is 2.56 bits per heavy atom. The van der Waals surface area contributed by atoms with E-state index in [1.807, 2.05) is 31.2 Å². The average molecular weight is 366 g/mol. The van der Waals surface area contributed by atoms with Gasteiger partial charge in [-0.25, -0.2) is 0 Å². The summed E-state index contributed by atoms with van der Waals surface area (Å²) >= 11 is 0. The van der Waals surface area contributed by atoms with Crippen LogP contribution in [-0.4, -0.2) is 24.8 Å². The molecule has 1 heterocycles. The minimum absolute atomic E-state index is 0.0817. The Labute approximate surface area is 160 Å². The fourth-order valence-electron chi connectivity index (χ4n) is 3.12. The molecule has 2 unspecified atom stereocenters. The number of ether oxygens (including phenoxy) is 1. The van der Waals surface area contributed by atoms with E-state index in [0.29, 0.717) is 6.42 Å². The van der Waals surface area contributed by atoms with Gasteiger partial charge < -0.3 is 14.9 Å². The highest BCUT2D eigenvalue weighted by molar-refractivity contribution is 6.04. The van der Waals surface area contributed by atoms with E-state index in [9.17, 15) is 4.79 Å². The Morgan fingerprint density at radius 2 is 1.93 bits per heavy atom. The van der Waals surface area contributed by atoms with Gasteiger partial charge in [-0.1, -0.05) is 42.8 Å². The van der Waals surface area contributed by atoms with Gasteiger partial charge in [-0.15, -0.1) is 0 Å². The second-order valence-electron chi connectivity index (χ2n) is 6.79. The standard InChI is InChI=1S/C22H26N2O3/c1-4-5-16-6-8-17(9-7-16)15(2)23-22(25)21-14-20(24-27-21)18-10-12-19(26-3)13-11-18/h6-13,15,21H,4-5,14H2,1-3H3,(H,23,25). The van der Waals surface area contributed by atoms with Crippen LogP contribution in [0.3, 0.4) is 0 Å². The molecule has 0 aromatic heterocycles. The average Bonchev–Trinajstić information content (AvgIpc) is 3.19. The summed E-state index contributed by atoms with van der Waals surface area (Å²) in [5.74, 6) is 0.638. The van der Waals surface area contributed by atoms with Crippen LogP contribution in [0.2, 0.25) is 0 Å². The Balaban J connectivity index is 1.55. The molecule has 0 bridgehead atoms. The van der Waals surface area contributed by atoms with Gasteiger partial charge in [0.2, 0.25) is 6.10 Å². The number of nitrogens with zero attached hydrogens (tertiary/aromatic N) is 1. The smallest absolute Gasteiger partial charge is 0.264 e. The lowest BCUT2D eigenvalue weighted by atomic mass is 10.0. The molecule has 0 saturated heterocycles. The Hall–Kier alpha value is -2.82. The van der Waals surface area contributed by atoms with Crippen molar-refractivity contribution in [3.05, 3.63) is 65.2 Å². The fourth-order valence-corrected chi connectivity index (χ4v) is 3.12. The maximum absolute atomic E-state index is 12.5. The zero-order valence-corrected chi connectivity index (χ0v) is 16.1. The van der Waals surface area contributed by atoms with E-state index in [-0.39, 0.29) is 11.9 Å². The van der Waals surface area contributed by atoms with E-state index >= 15 is 0 Å². The molecule has 1 amide bonds. The van der Waals surface area contributed by atoms with Crippen molar-refractivity contribution >= 4 is 11.6 Å². The largest absolute Gasteiger partial charge is 0.497 e. The molecule has 142 valence electrons. The lowest BCUT2D eigenvalue weighted by molar-refractivity contribution is -0.131. The third kappa shape index (κ3) is 4.67. The van der Waals surface area contributed by atoms with Gasteiger partial charge in [0.05, 0.1) is 18.9 Å². The van der Waals surface area contributed by atoms with Crippen LogP contribution in [0.5, 0.6) is 5.75 Å². The van der Waals surface area contributed by atoms with Crippen LogP contribution in [0.4, 0.5) is 0 Å². The second kappa shape index (κ2) is 8.71. The highest BCUT2D eigenvalue weighted by Gasteiger charge is 2.29. The molecule has 0 aliphatic carbocycles. The number of amides is 1. The first-order valence-electron chi connectivity index (χ1n) is 9.37. The maximum Gasteiger partial charge on any atom is 0.264 e. The summed E-state index contributed by atoms with van der Waals surface area (Å²) in [6.45, 7) is 4.15. The van der Waals surface area contributed by atoms with Crippen molar-refractivity contribution in [1.82, 2.24) is 5.32 Å². The Kier molecular flexibility index (Phi) is 6.12. The number of nitrogens with one attached hydrogen (secondary N) is 1. The molecular formula is C22H26N2O3. The first-order chi connectivity index (χ1) is 13.1. The molecule has 1 N–H and O–H groups in total. The molecule has 27 heavy (non-hydrogen) atoms. The lowest BCUT2D eigenvalue weighted by Gasteiger charge is -2.17. The first kappa shape index (κ1) is 19.0. The minimum atomic E-state index is -0.594. The molecule has 2 aromatic carbocycles. The van der Waals surface area contributed by atoms with Crippen LogP contribution in [0.25, 0.3) is 0 Å².